The van der Waals surface area contributed by atoms with Crippen LogP contribution in [0.1, 0.15) is 5.56 Å². The first-order valence-corrected chi connectivity index (χ1v) is 13.4. The second-order valence-electron chi connectivity index (χ2n) is 10.1. The Morgan fingerprint density at radius 1 is 0.561 bits per heavy atom. The summed E-state index contributed by atoms with van der Waals surface area (Å²) in [5.74, 6) is -0.117. The summed E-state index contributed by atoms with van der Waals surface area (Å²) in [5.41, 5.74) is 7.56. The molecule has 0 fully saturated rings. The zero-order valence-corrected chi connectivity index (χ0v) is 21.8. The molecule has 192 valence electrons. The zero-order valence-electron chi connectivity index (χ0n) is 21.8. The lowest BCUT2D eigenvalue weighted by Crippen LogP contribution is -2.01. The number of halogens is 1. The van der Waals surface area contributed by atoms with Gasteiger partial charge in [-0.25, -0.2) is 9.37 Å². The predicted octanol–water partition coefficient (Wildman–Crippen LogP) is 8.95. The number of rotatable bonds is 3. The number of pyridine rings is 1. The average Bonchev–Trinajstić information content (AvgIpc) is 3.53. The molecule has 5 aromatic carbocycles. The maximum absolute atomic E-state index is 14.0. The van der Waals surface area contributed by atoms with E-state index < -0.39 is 5.82 Å². The smallest absolute Gasteiger partial charge is 0.155 e. The van der Waals surface area contributed by atoms with E-state index in [1.54, 1.807) is 0 Å². The van der Waals surface area contributed by atoms with Gasteiger partial charge in [-0.3, -0.25) is 4.57 Å². The number of aromatic nitrogens is 3. The van der Waals surface area contributed by atoms with Gasteiger partial charge >= 0.3 is 0 Å². The minimum Gasteiger partial charge on any atom is -0.309 e. The van der Waals surface area contributed by atoms with Gasteiger partial charge in [-0.05, 0) is 59.7 Å². The van der Waals surface area contributed by atoms with Gasteiger partial charge < -0.3 is 4.57 Å². The molecule has 3 aromatic heterocycles. The summed E-state index contributed by atoms with van der Waals surface area (Å²) in [6, 6.07) is 43.3. The molecule has 0 N–H and O–H groups in total. The summed E-state index contributed by atoms with van der Waals surface area (Å²) >= 11 is 0. The van der Waals surface area contributed by atoms with E-state index >= 15 is 0 Å². The summed E-state index contributed by atoms with van der Waals surface area (Å²) < 4.78 is 18.3. The third-order valence-corrected chi connectivity index (χ3v) is 7.86. The van der Waals surface area contributed by atoms with Gasteiger partial charge in [0.1, 0.15) is 11.9 Å². The topological polar surface area (TPSA) is 46.5 Å². The highest BCUT2D eigenvalue weighted by Gasteiger charge is 2.18. The van der Waals surface area contributed by atoms with Crippen LogP contribution in [0.25, 0.3) is 66.2 Å². The summed E-state index contributed by atoms with van der Waals surface area (Å²) in [6.07, 6.45) is 1.16. The van der Waals surface area contributed by atoms with Crippen molar-refractivity contribution in [2.24, 2.45) is 0 Å². The molecular formula is C36H21FN4. The maximum Gasteiger partial charge on any atom is 0.155 e. The van der Waals surface area contributed by atoms with E-state index in [0.29, 0.717) is 5.82 Å². The van der Waals surface area contributed by atoms with E-state index in [2.05, 4.69) is 107 Å². The Morgan fingerprint density at radius 3 is 1.95 bits per heavy atom. The molecule has 0 atom stereocenters. The van der Waals surface area contributed by atoms with E-state index in [4.69, 9.17) is 0 Å². The second kappa shape index (κ2) is 8.90. The minimum absolute atomic E-state index is 0.188. The molecule has 0 unspecified atom stereocenters. The SMILES string of the molecule is N#Cc1cc(F)cnc1-n1c2ccccc2c2ccc(-c3ccc4c(c3)c3ccccc3n4-c3ccccc3)cc21. The van der Waals surface area contributed by atoms with Crippen molar-refractivity contribution in [3.05, 3.63) is 139 Å². The molecule has 0 radical (unpaired) electrons. The summed E-state index contributed by atoms with van der Waals surface area (Å²) in [5, 5.41) is 14.3. The summed E-state index contributed by atoms with van der Waals surface area (Å²) in [4.78, 5) is 4.36. The van der Waals surface area contributed by atoms with Gasteiger partial charge in [-0.2, -0.15) is 5.26 Å². The minimum atomic E-state index is -0.533. The Morgan fingerprint density at radius 2 is 1.17 bits per heavy atom. The maximum atomic E-state index is 14.0. The number of para-hydroxylation sites is 3. The number of nitriles is 1. The number of hydrogen-bond acceptors (Lipinski definition) is 2. The van der Waals surface area contributed by atoms with Crippen molar-refractivity contribution >= 4 is 43.6 Å². The van der Waals surface area contributed by atoms with Gasteiger partial charge in [0.05, 0.1) is 33.8 Å². The van der Waals surface area contributed by atoms with Crippen LogP contribution in [0.2, 0.25) is 0 Å². The third-order valence-electron chi connectivity index (χ3n) is 7.86. The molecule has 0 saturated heterocycles. The van der Waals surface area contributed by atoms with Crippen LogP contribution in [0.5, 0.6) is 0 Å². The monoisotopic (exact) mass is 528 g/mol. The predicted molar refractivity (Wildman–Crippen MR) is 163 cm³/mol. The van der Waals surface area contributed by atoms with E-state index in [1.165, 1.54) is 16.8 Å². The number of hydrogen-bond donors (Lipinski definition) is 0. The molecule has 3 heterocycles. The molecule has 5 heteroatoms. The van der Waals surface area contributed by atoms with Crippen molar-refractivity contribution in [2.45, 2.75) is 0 Å². The molecule has 0 aliphatic heterocycles. The average molecular weight is 529 g/mol. The van der Waals surface area contributed by atoms with Crippen molar-refractivity contribution in [1.29, 1.82) is 5.26 Å². The largest absolute Gasteiger partial charge is 0.309 e. The van der Waals surface area contributed by atoms with Gasteiger partial charge in [-0.15, -0.1) is 0 Å². The Hall–Kier alpha value is -5.73. The summed E-state index contributed by atoms with van der Waals surface area (Å²) in [7, 11) is 0. The van der Waals surface area contributed by atoms with Gasteiger partial charge in [0, 0.05) is 27.2 Å². The van der Waals surface area contributed by atoms with E-state index in [1.807, 2.05) is 28.8 Å². The Kier molecular flexibility index (Phi) is 5.03. The van der Waals surface area contributed by atoms with Crippen LogP contribution in [0.15, 0.2) is 128 Å². The van der Waals surface area contributed by atoms with Crippen LogP contribution in [-0.2, 0) is 0 Å². The first-order chi connectivity index (χ1) is 20.2. The van der Waals surface area contributed by atoms with Crippen molar-refractivity contribution in [2.75, 3.05) is 0 Å². The normalized spacial score (nSPS) is 11.5. The fourth-order valence-corrected chi connectivity index (χ4v) is 6.08. The molecule has 0 bridgehead atoms. The molecule has 0 aliphatic rings. The lowest BCUT2D eigenvalue weighted by molar-refractivity contribution is 0.620. The van der Waals surface area contributed by atoms with Crippen molar-refractivity contribution < 1.29 is 4.39 Å². The van der Waals surface area contributed by atoms with E-state index in [0.717, 1.165) is 55.9 Å². The van der Waals surface area contributed by atoms with Crippen LogP contribution < -0.4 is 0 Å². The molecule has 0 saturated carbocycles. The number of nitrogens with zero attached hydrogens (tertiary/aromatic N) is 4. The van der Waals surface area contributed by atoms with Gasteiger partial charge in [0.15, 0.2) is 5.82 Å². The summed E-state index contributed by atoms with van der Waals surface area (Å²) in [6.45, 7) is 0. The van der Waals surface area contributed by atoms with Gasteiger partial charge in [0.2, 0.25) is 0 Å². The van der Waals surface area contributed by atoms with Crippen LogP contribution in [-0.4, -0.2) is 14.1 Å². The molecule has 8 aromatic rings. The lowest BCUT2D eigenvalue weighted by atomic mass is 10.0. The van der Waals surface area contributed by atoms with E-state index in [-0.39, 0.29) is 5.56 Å². The van der Waals surface area contributed by atoms with Crippen LogP contribution in [0.3, 0.4) is 0 Å². The highest BCUT2D eigenvalue weighted by atomic mass is 19.1. The highest BCUT2D eigenvalue weighted by Crippen LogP contribution is 2.38. The second-order valence-corrected chi connectivity index (χ2v) is 10.1. The van der Waals surface area contributed by atoms with Crippen LogP contribution in [0, 0.1) is 17.1 Å². The fraction of sp³-hybridized carbons (Fsp3) is 0. The Labute approximate surface area is 234 Å². The molecule has 4 nitrogen and oxygen atoms in total. The molecule has 0 amide bonds. The quantitative estimate of drug-likeness (QED) is 0.230. The third kappa shape index (κ3) is 3.48. The molecule has 0 spiro atoms. The molecule has 0 aliphatic carbocycles. The molecule has 41 heavy (non-hydrogen) atoms. The van der Waals surface area contributed by atoms with Crippen LogP contribution >= 0.6 is 0 Å². The van der Waals surface area contributed by atoms with Crippen LogP contribution in [0.4, 0.5) is 4.39 Å². The van der Waals surface area contributed by atoms with Gasteiger partial charge in [0.25, 0.3) is 0 Å². The first-order valence-electron chi connectivity index (χ1n) is 13.4. The lowest BCUT2D eigenvalue weighted by Gasteiger charge is -2.10. The van der Waals surface area contributed by atoms with Crippen molar-refractivity contribution in [3.63, 3.8) is 0 Å². The number of benzene rings is 5. The highest BCUT2D eigenvalue weighted by molar-refractivity contribution is 6.12. The molecular weight excluding hydrogens is 507 g/mol. The molecule has 8 rings (SSSR count). The fourth-order valence-electron chi connectivity index (χ4n) is 6.08. The van der Waals surface area contributed by atoms with Crippen molar-refractivity contribution in [3.8, 4) is 28.7 Å². The zero-order chi connectivity index (χ0) is 27.5. The first kappa shape index (κ1) is 23.2. The van der Waals surface area contributed by atoms with Gasteiger partial charge in [-0.1, -0.05) is 72.8 Å². The Balaban J connectivity index is 1.39. The number of fused-ring (bicyclic) bond motifs is 6. The Bertz CT molecular complexity index is 2340. The standard InChI is InChI=1S/C36H21FN4/c37-26-18-25(21-38)36(39-22-26)41-33-13-7-4-10-28(33)30-16-14-24(20-35(30)41)23-15-17-34-31(19-23)29-11-5-6-12-32(29)40(34)27-8-2-1-3-9-27/h1-20,22H. The van der Waals surface area contributed by atoms with E-state index in [9.17, 15) is 9.65 Å². The van der Waals surface area contributed by atoms with Crippen molar-refractivity contribution in [1.82, 2.24) is 14.1 Å².